The molecule has 2 aromatic heterocycles. The molecule has 2 aromatic rings. The number of anilines is 1. The molecule has 0 fully saturated rings. The number of hydrogen-bond donors (Lipinski definition) is 1. The molecule has 0 aromatic carbocycles. The summed E-state index contributed by atoms with van der Waals surface area (Å²) in [6.07, 6.45) is 1.70. The Bertz CT molecular complexity index is 744. The number of fused-ring (bicyclic) bond motifs is 1. The molecule has 2 heterocycles. The minimum atomic E-state index is -3.77. The second-order valence-electron chi connectivity index (χ2n) is 3.97. The highest BCUT2D eigenvalue weighted by Gasteiger charge is 2.27. The molecule has 0 atom stereocenters. The van der Waals surface area contributed by atoms with Gasteiger partial charge in [0, 0.05) is 26.2 Å². The molecule has 0 amide bonds. The lowest BCUT2D eigenvalue weighted by Crippen LogP contribution is -2.29. The highest BCUT2D eigenvalue weighted by Crippen LogP contribution is 2.22. The Balaban J connectivity index is 2.55. The Labute approximate surface area is 110 Å². The minimum Gasteiger partial charge on any atom is -0.381 e. The maximum atomic E-state index is 12.4. The van der Waals surface area contributed by atoms with Gasteiger partial charge in [0.25, 0.3) is 10.0 Å². The molecule has 7 nitrogen and oxygen atoms in total. The summed E-state index contributed by atoms with van der Waals surface area (Å²) in [7, 11) is -2.36. The highest BCUT2D eigenvalue weighted by atomic mass is 32.2. The van der Waals surface area contributed by atoms with Crippen LogP contribution in [0.25, 0.3) is 5.65 Å². The lowest BCUT2D eigenvalue weighted by molar-refractivity contribution is 0.473. The normalized spacial score (nSPS) is 11.8. The van der Waals surface area contributed by atoms with Crippen molar-refractivity contribution in [2.45, 2.75) is 11.4 Å². The summed E-state index contributed by atoms with van der Waals surface area (Å²) in [4.78, 5) is 4.01. The van der Waals surface area contributed by atoms with E-state index < -0.39 is 10.0 Å². The smallest absolute Gasteiger partial charge is 0.262 e. The molecular weight excluding hydrogens is 266 g/mol. The van der Waals surface area contributed by atoms with E-state index in [2.05, 4.69) is 4.98 Å². The van der Waals surface area contributed by atoms with E-state index in [1.807, 2.05) is 6.07 Å². The zero-order valence-corrected chi connectivity index (χ0v) is 11.1. The van der Waals surface area contributed by atoms with Crippen LogP contribution in [0.5, 0.6) is 0 Å². The van der Waals surface area contributed by atoms with Crippen LogP contribution in [0.4, 0.5) is 5.82 Å². The van der Waals surface area contributed by atoms with Crippen molar-refractivity contribution in [2.75, 3.05) is 19.3 Å². The fraction of sp³-hybridized carbons (Fsp3) is 0.273. The van der Waals surface area contributed by atoms with Gasteiger partial charge < -0.3 is 5.73 Å². The van der Waals surface area contributed by atoms with E-state index in [0.717, 1.165) is 4.31 Å². The monoisotopic (exact) mass is 279 g/mol. The number of nitriles is 1. The van der Waals surface area contributed by atoms with Crippen molar-refractivity contribution in [2.24, 2.45) is 0 Å². The molecule has 0 saturated carbocycles. The van der Waals surface area contributed by atoms with Crippen molar-refractivity contribution in [1.82, 2.24) is 13.7 Å². The van der Waals surface area contributed by atoms with Gasteiger partial charge in [-0.15, -0.1) is 0 Å². The summed E-state index contributed by atoms with van der Waals surface area (Å²) in [5.74, 6) is -0.0463. The topological polar surface area (TPSA) is 104 Å². The van der Waals surface area contributed by atoms with Crippen LogP contribution in [-0.4, -0.2) is 35.7 Å². The Kier molecular flexibility index (Phi) is 3.42. The zero-order chi connectivity index (χ0) is 14.0. The van der Waals surface area contributed by atoms with Crippen molar-refractivity contribution in [1.29, 1.82) is 5.26 Å². The lowest BCUT2D eigenvalue weighted by Gasteiger charge is -2.15. The summed E-state index contributed by atoms with van der Waals surface area (Å²) in [6, 6.07) is 7.02. The first-order chi connectivity index (χ1) is 8.98. The van der Waals surface area contributed by atoms with E-state index >= 15 is 0 Å². The second-order valence-corrected chi connectivity index (χ2v) is 5.93. The molecular formula is C11H13N5O2S. The van der Waals surface area contributed by atoms with Gasteiger partial charge in [0.1, 0.15) is 5.65 Å². The number of rotatable bonds is 4. The molecule has 0 spiro atoms. The van der Waals surface area contributed by atoms with E-state index in [-0.39, 0.29) is 23.8 Å². The van der Waals surface area contributed by atoms with Crippen LogP contribution >= 0.6 is 0 Å². The summed E-state index contributed by atoms with van der Waals surface area (Å²) in [5.41, 5.74) is 6.17. The van der Waals surface area contributed by atoms with Crippen LogP contribution < -0.4 is 5.73 Å². The third-order valence-electron chi connectivity index (χ3n) is 2.70. The number of sulfonamides is 1. The van der Waals surface area contributed by atoms with Gasteiger partial charge in [-0.05, 0) is 12.1 Å². The summed E-state index contributed by atoms with van der Waals surface area (Å²) < 4.78 is 27.3. The van der Waals surface area contributed by atoms with Crippen molar-refractivity contribution in [3.63, 3.8) is 0 Å². The predicted octanol–water partition coefficient (Wildman–Crippen LogP) is 0.451. The fourth-order valence-electron chi connectivity index (χ4n) is 1.72. The van der Waals surface area contributed by atoms with Crippen LogP contribution in [0.3, 0.4) is 0 Å². The number of aromatic nitrogens is 2. The van der Waals surface area contributed by atoms with Crippen molar-refractivity contribution < 1.29 is 8.42 Å². The van der Waals surface area contributed by atoms with Gasteiger partial charge in [-0.1, -0.05) is 6.07 Å². The van der Waals surface area contributed by atoms with Crippen LogP contribution in [0, 0.1) is 11.3 Å². The molecule has 2 N–H and O–H groups in total. The number of nitrogens with two attached hydrogens (primary N) is 1. The SMILES string of the molecule is CN(CCC#N)S(=O)(=O)c1c(N)nc2ccccn12. The van der Waals surface area contributed by atoms with Crippen molar-refractivity contribution >= 4 is 21.5 Å². The van der Waals surface area contributed by atoms with Gasteiger partial charge >= 0.3 is 0 Å². The van der Waals surface area contributed by atoms with Crippen LogP contribution in [0.15, 0.2) is 29.4 Å². The molecule has 19 heavy (non-hydrogen) atoms. The molecule has 100 valence electrons. The molecule has 0 aliphatic carbocycles. The van der Waals surface area contributed by atoms with Gasteiger partial charge in [-0.25, -0.2) is 13.4 Å². The van der Waals surface area contributed by atoms with E-state index in [0.29, 0.717) is 5.65 Å². The van der Waals surface area contributed by atoms with Gasteiger partial charge in [0.05, 0.1) is 6.07 Å². The number of hydrogen-bond acceptors (Lipinski definition) is 5. The van der Waals surface area contributed by atoms with Crippen molar-refractivity contribution in [3.8, 4) is 6.07 Å². The van der Waals surface area contributed by atoms with Gasteiger partial charge in [0.15, 0.2) is 10.8 Å². The summed E-state index contributed by atoms with van der Waals surface area (Å²) >= 11 is 0. The van der Waals surface area contributed by atoms with Gasteiger partial charge in [-0.3, -0.25) is 4.40 Å². The Morgan fingerprint density at radius 2 is 2.26 bits per heavy atom. The van der Waals surface area contributed by atoms with E-state index in [1.165, 1.54) is 11.4 Å². The Morgan fingerprint density at radius 1 is 1.53 bits per heavy atom. The second kappa shape index (κ2) is 4.87. The highest BCUT2D eigenvalue weighted by molar-refractivity contribution is 7.89. The average Bonchev–Trinajstić information content (AvgIpc) is 2.72. The number of nitrogens with zero attached hydrogens (tertiary/aromatic N) is 4. The first-order valence-electron chi connectivity index (χ1n) is 5.54. The molecule has 2 rings (SSSR count). The molecule has 0 bridgehead atoms. The predicted molar refractivity (Wildman–Crippen MR) is 69.7 cm³/mol. The summed E-state index contributed by atoms with van der Waals surface area (Å²) in [5, 5.41) is 8.46. The first-order valence-corrected chi connectivity index (χ1v) is 6.98. The van der Waals surface area contributed by atoms with E-state index in [1.54, 1.807) is 24.4 Å². The van der Waals surface area contributed by atoms with Crippen LogP contribution in [0.2, 0.25) is 0 Å². The van der Waals surface area contributed by atoms with Gasteiger partial charge in [-0.2, -0.15) is 9.57 Å². The van der Waals surface area contributed by atoms with Crippen LogP contribution in [0.1, 0.15) is 6.42 Å². The van der Waals surface area contributed by atoms with Gasteiger partial charge in [0.2, 0.25) is 0 Å². The molecule has 0 aliphatic rings. The number of imidazole rings is 1. The molecule has 0 radical (unpaired) electrons. The average molecular weight is 279 g/mol. The Morgan fingerprint density at radius 3 is 2.95 bits per heavy atom. The Hall–Kier alpha value is -2.11. The molecule has 0 saturated heterocycles. The van der Waals surface area contributed by atoms with Crippen molar-refractivity contribution in [3.05, 3.63) is 24.4 Å². The standard InChI is InChI=1S/C11H13N5O2S/c1-15(7-4-6-12)19(17,18)11-10(13)14-9-5-2-3-8-16(9)11/h2-3,5,8H,4,7,13H2,1H3. The lowest BCUT2D eigenvalue weighted by atomic mass is 10.5. The number of nitrogen functional groups attached to an aromatic ring is 1. The first kappa shape index (κ1) is 13.3. The van der Waals surface area contributed by atoms with E-state index in [4.69, 9.17) is 11.0 Å². The molecule has 8 heteroatoms. The number of pyridine rings is 1. The maximum Gasteiger partial charge on any atom is 0.262 e. The quantitative estimate of drug-likeness (QED) is 0.875. The minimum absolute atomic E-state index is 0.0463. The largest absolute Gasteiger partial charge is 0.381 e. The third-order valence-corrected chi connectivity index (χ3v) is 4.60. The maximum absolute atomic E-state index is 12.4. The molecule has 0 aliphatic heterocycles. The fourth-order valence-corrected chi connectivity index (χ4v) is 3.06. The zero-order valence-electron chi connectivity index (χ0n) is 10.3. The third kappa shape index (κ3) is 2.25. The van der Waals surface area contributed by atoms with Crippen LogP contribution in [-0.2, 0) is 10.0 Å². The summed E-state index contributed by atoms with van der Waals surface area (Å²) in [6.45, 7) is 0.109. The molecule has 0 unspecified atom stereocenters. The van der Waals surface area contributed by atoms with E-state index in [9.17, 15) is 8.42 Å².